The van der Waals surface area contributed by atoms with Crippen LogP contribution in [0.15, 0.2) is 39.5 Å². The summed E-state index contributed by atoms with van der Waals surface area (Å²) in [4.78, 5) is 0. The van der Waals surface area contributed by atoms with E-state index in [9.17, 15) is 0 Å². The van der Waals surface area contributed by atoms with Crippen LogP contribution in [0.2, 0.25) is 0 Å². The molecule has 3 rings (SSSR count). The second-order valence-electron chi connectivity index (χ2n) is 4.19. The van der Waals surface area contributed by atoms with Crippen molar-refractivity contribution in [3.63, 3.8) is 0 Å². The van der Waals surface area contributed by atoms with Gasteiger partial charge in [-0.1, -0.05) is 22.0 Å². The van der Waals surface area contributed by atoms with Crippen molar-refractivity contribution >= 4 is 27.3 Å². The third kappa shape index (κ3) is 2.12. The van der Waals surface area contributed by atoms with E-state index in [0.29, 0.717) is 0 Å². The fraction of sp³-hybridized carbons (Fsp3) is 0.231. The van der Waals surface area contributed by atoms with Crippen molar-refractivity contribution in [3.05, 3.63) is 50.6 Å². The number of thiophene rings is 1. The molecule has 0 amide bonds. The zero-order valence-electron chi connectivity index (χ0n) is 9.10. The normalized spacial score (nSPS) is 22.9. The highest BCUT2D eigenvalue weighted by Gasteiger charge is 2.27. The van der Waals surface area contributed by atoms with Gasteiger partial charge in [0.05, 0.1) is 0 Å². The first kappa shape index (κ1) is 11.3. The molecule has 0 aliphatic carbocycles. The molecule has 0 saturated carbocycles. The molecule has 0 spiro atoms. The molecule has 88 valence electrons. The standard InChI is InChI=1S/C13H12BrNOS/c14-9-1-2-10-11(15)6-12(16-13(10)5-9)8-3-4-17-7-8/h1-5,7,11-12H,6,15H2/t11-,12?/m0/s1. The Hall–Kier alpha value is -0.840. The molecule has 1 aliphatic rings. The van der Waals surface area contributed by atoms with Gasteiger partial charge in [0.15, 0.2) is 0 Å². The summed E-state index contributed by atoms with van der Waals surface area (Å²) in [5, 5.41) is 4.20. The Balaban J connectivity index is 1.97. The number of hydrogen-bond acceptors (Lipinski definition) is 3. The molecule has 1 unspecified atom stereocenters. The Kier molecular flexibility index (Phi) is 2.94. The van der Waals surface area contributed by atoms with Gasteiger partial charge in [0.25, 0.3) is 0 Å². The molecule has 4 heteroatoms. The number of hydrogen-bond donors (Lipinski definition) is 1. The van der Waals surface area contributed by atoms with E-state index >= 15 is 0 Å². The molecule has 2 nitrogen and oxygen atoms in total. The summed E-state index contributed by atoms with van der Waals surface area (Å²) < 4.78 is 7.05. The van der Waals surface area contributed by atoms with Crippen LogP contribution in [0.3, 0.4) is 0 Å². The van der Waals surface area contributed by atoms with Crippen molar-refractivity contribution < 1.29 is 4.74 Å². The summed E-state index contributed by atoms with van der Waals surface area (Å²) >= 11 is 5.15. The Bertz CT molecular complexity index is 526. The second kappa shape index (κ2) is 4.44. The first-order valence-corrected chi connectivity index (χ1v) is 7.21. The van der Waals surface area contributed by atoms with Crippen LogP contribution in [0, 0.1) is 0 Å². The lowest BCUT2D eigenvalue weighted by Gasteiger charge is -2.30. The fourth-order valence-electron chi connectivity index (χ4n) is 2.14. The van der Waals surface area contributed by atoms with E-state index in [4.69, 9.17) is 10.5 Å². The molecule has 0 bridgehead atoms. The summed E-state index contributed by atoms with van der Waals surface area (Å²) in [5.41, 5.74) is 8.52. The highest BCUT2D eigenvalue weighted by Crippen LogP contribution is 2.41. The zero-order valence-corrected chi connectivity index (χ0v) is 11.5. The van der Waals surface area contributed by atoms with Gasteiger partial charge in [-0.15, -0.1) is 0 Å². The molecule has 2 atom stereocenters. The first-order chi connectivity index (χ1) is 8.24. The van der Waals surface area contributed by atoms with E-state index in [-0.39, 0.29) is 12.1 Å². The van der Waals surface area contributed by atoms with E-state index in [1.165, 1.54) is 5.56 Å². The van der Waals surface area contributed by atoms with Crippen molar-refractivity contribution in [2.75, 3.05) is 0 Å². The van der Waals surface area contributed by atoms with E-state index in [1.54, 1.807) is 11.3 Å². The van der Waals surface area contributed by atoms with Crippen LogP contribution in [-0.2, 0) is 0 Å². The summed E-state index contributed by atoms with van der Waals surface area (Å²) in [6.45, 7) is 0. The Morgan fingerprint density at radius 3 is 3.00 bits per heavy atom. The van der Waals surface area contributed by atoms with Gasteiger partial charge in [-0.25, -0.2) is 0 Å². The third-order valence-corrected chi connectivity index (χ3v) is 4.22. The molecule has 1 aliphatic heterocycles. The lowest BCUT2D eigenvalue weighted by Crippen LogP contribution is -2.23. The highest BCUT2D eigenvalue weighted by molar-refractivity contribution is 9.10. The van der Waals surface area contributed by atoms with Gasteiger partial charge >= 0.3 is 0 Å². The minimum absolute atomic E-state index is 0.0525. The average molecular weight is 310 g/mol. The maximum absolute atomic E-state index is 6.20. The fourth-order valence-corrected chi connectivity index (χ4v) is 3.18. The number of nitrogens with two attached hydrogens (primary N) is 1. The van der Waals surface area contributed by atoms with Crippen LogP contribution in [0.25, 0.3) is 0 Å². The van der Waals surface area contributed by atoms with Gasteiger partial charge in [0, 0.05) is 28.1 Å². The highest BCUT2D eigenvalue weighted by atomic mass is 79.9. The van der Waals surface area contributed by atoms with Crippen molar-refractivity contribution in [2.45, 2.75) is 18.6 Å². The molecule has 2 N–H and O–H groups in total. The minimum atomic E-state index is 0.0525. The molecule has 2 heterocycles. The number of benzene rings is 1. The Labute approximate surface area is 113 Å². The predicted octanol–water partition coefficient (Wildman–Crippen LogP) is 4.03. The first-order valence-electron chi connectivity index (χ1n) is 5.48. The van der Waals surface area contributed by atoms with Crippen LogP contribution in [-0.4, -0.2) is 0 Å². The van der Waals surface area contributed by atoms with Crippen molar-refractivity contribution in [1.29, 1.82) is 0 Å². The van der Waals surface area contributed by atoms with E-state index in [1.807, 2.05) is 18.2 Å². The van der Waals surface area contributed by atoms with Crippen LogP contribution < -0.4 is 10.5 Å². The zero-order chi connectivity index (χ0) is 11.8. The van der Waals surface area contributed by atoms with E-state index in [2.05, 4.69) is 32.8 Å². The molecule has 0 saturated heterocycles. The van der Waals surface area contributed by atoms with Gasteiger partial charge in [0.2, 0.25) is 0 Å². The van der Waals surface area contributed by atoms with Gasteiger partial charge in [0.1, 0.15) is 11.9 Å². The quantitative estimate of drug-likeness (QED) is 0.863. The maximum atomic E-state index is 6.20. The number of halogens is 1. The number of fused-ring (bicyclic) bond motifs is 1. The lowest BCUT2D eigenvalue weighted by molar-refractivity contribution is 0.162. The molecule has 2 aromatic rings. The molecule has 1 aromatic heterocycles. The molecular formula is C13H12BrNOS. The summed E-state index contributed by atoms with van der Waals surface area (Å²) in [7, 11) is 0. The third-order valence-electron chi connectivity index (χ3n) is 3.03. The van der Waals surface area contributed by atoms with Gasteiger partial charge in [-0.2, -0.15) is 11.3 Å². The summed E-state index contributed by atoms with van der Waals surface area (Å²) in [6.07, 6.45) is 0.920. The SMILES string of the molecule is N[C@H]1CC(c2ccsc2)Oc2cc(Br)ccc21. The van der Waals surface area contributed by atoms with Crippen molar-refractivity contribution in [2.24, 2.45) is 5.73 Å². The van der Waals surface area contributed by atoms with E-state index < -0.39 is 0 Å². The van der Waals surface area contributed by atoms with Crippen LogP contribution in [0.4, 0.5) is 0 Å². The second-order valence-corrected chi connectivity index (χ2v) is 5.88. The molecule has 0 radical (unpaired) electrons. The maximum Gasteiger partial charge on any atom is 0.126 e. The van der Waals surface area contributed by atoms with Crippen LogP contribution >= 0.6 is 27.3 Å². The van der Waals surface area contributed by atoms with Gasteiger partial charge in [-0.05, 0) is 29.0 Å². The molecule has 0 fully saturated rings. The molecular weight excluding hydrogens is 298 g/mol. The van der Waals surface area contributed by atoms with Gasteiger partial charge < -0.3 is 10.5 Å². The minimum Gasteiger partial charge on any atom is -0.485 e. The van der Waals surface area contributed by atoms with Crippen molar-refractivity contribution in [3.8, 4) is 5.75 Å². The lowest BCUT2D eigenvalue weighted by atomic mass is 9.95. The Morgan fingerprint density at radius 2 is 2.24 bits per heavy atom. The van der Waals surface area contributed by atoms with Gasteiger partial charge in [-0.3, -0.25) is 0 Å². The van der Waals surface area contributed by atoms with Crippen molar-refractivity contribution in [1.82, 2.24) is 0 Å². The van der Waals surface area contributed by atoms with Crippen LogP contribution in [0.5, 0.6) is 5.75 Å². The number of rotatable bonds is 1. The number of ether oxygens (including phenoxy) is 1. The summed E-state index contributed by atoms with van der Waals surface area (Å²) in [5.74, 6) is 0.898. The largest absolute Gasteiger partial charge is 0.485 e. The van der Waals surface area contributed by atoms with Crippen LogP contribution in [0.1, 0.15) is 29.7 Å². The molecule has 1 aromatic carbocycles. The summed E-state index contributed by atoms with van der Waals surface area (Å²) in [6, 6.07) is 8.19. The Morgan fingerprint density at radius 1 is 1.35 bits per heavy atom. The topological polar surface area (TPSA) is 35.2 Å². The smallest absolute Gasteiger partial charge is 0.126 e. The molecule has 17 heavy (non-hydrogen) atoms. The predicted molar refractivity (Wildman–Crippen MR) is 73.4 cm³/mol. The monoisotopic (exact) mass is 309 g/mol. The average Bonchev–Trinajstić information content (AvgIpc) is 2.81. The van der Waals surface area contributed by atoms with E-state index in [0.717, 1.165) is 22.2 Å².